The van der Waals surface area contributed by atoms with Gasteiger partial charge in [-0.15, -0.1) is 0 Å². The third-order valence-corrected chi connectivity index (χ3v) is 3.53. The van der Waals surface area contributed by atoms with Crippen LogP contribution < -0.4 is 5.73 Å². The molecule has 0 saturated carbocycles. The first-order valence-electron chi connectivity index (χ1n) is 5.57. The molecule has 2 aromatic heterocycles. The van der Waals surface area contributed by atoms with Crippen LogP contribution in [-0.4, -0.2) is 9.78 Å². The van der Waals surface area contributed by atoms with Crippen molar-refractivity contribution in [3.05, 3.63) is 52.5 Å². The largest absolute Gasteiger partial charge is 0.458 e. The van der Waals surface area contributed by atoms with Gasteiger partial charge in [-0.2, -0.15) is 5.10 Å². The lowest BCUT2D eigenvalue weighted by Crippen LogP contribution is -2.09. The molecular formula is C13H12BrN3O. The Morgan fingerprint density at radius 3 is 2.94 bits per heavy atom. The Morgan fingerprint density at radius 1 is 1.44 bits per heavy atom. The Hall–Kier alpha value is -1.59. The van der Waals surface area contributed by atoms with Crippen molar-refractivity contribution >= 4 is 26.9 Å². The summed E-state index contributed by atoms with van der Waals surface area (Å²) in [6, 6.07) is 7.60. The minimum absolute atomic E-state index is 0.294. The summed E-state index contributed by atoms with van der Waals surface area (Å²) < 4.78 is 8.48. The maximum Gasteiger partial charge on any atom is 0.148 e. The van der Waals surface area contributed by atoms with Gasteiger partial charge < -0.3 is 10.2 Å². The minimum Gasteiger partial charge on any atom is -0.458 e. The molecule has 1 unspecified atom stereocenters. The number of hydrogen-bond acceptors (Lipinski definition) is 3. The SMILES string of the molecule is Cn1cc(C(N)c2cc3cccc(Br)c3o2)cn1. The predicted molar refractivity (Wildman–Crippen MR) is 73.2 cm³/mol. The molecule has 0 bridgehead atoms. The van der Waals surface area contributed by atoms with Crippen molar-refractivity contribution in [2.75, 3.05) is 0 Å². The number of aryl methyl sites for hydroxylation is 1. The van der Waals surface area contributed by atoms with E-state index in [0.29, 0.717) is 0 Å². The standard InChI is InChI=1S/C13H12BrN3O/c1-17-7-9(6-16-17)12(15)11-5-8-3-2-4-10(14)13(8)18-11/h2-7,12H,15H2,1H3. The quantitative estimate of drug-likeness (QED) is 0.792. The second-order valence-corrected chi connectivity index (χ2v) is 5.09. The van der Waals surface area contributed by atoms with E-state index in [1.807, 2.05) is 37.5 Å². The predicted octanol–water partition coefficient (Wildman–Crippen LogP) is 2.98. The average molecular weight is 306 g/mol. The number of furan rings is 1. The summed E-state index contributed by atoms with van der Waals surface area (Å²) in [6.07, 6.45) is 3.65. The van der Waals surface area contributed by atoms with Crippen molar-refractivity contribution in [3.63, 3.8) is 0 Å². The van der Waals surface area contributed by atoms with Gasteiger partial charge in [0.25, 0.3) is 0 Å². The summed E-state index contributed by atoms with van der Waals surface area (Å²) >= 11 is 3.47. The van der Waals surface area contributed by atoms with Crippen molar-refractivity contribution < 1.29 is 4.42 Å². The van der Waals surface area contributed by atoms with Crippen molar-refractivity contribution in [2.24, 2.45) is 12.8 Å². The summed E-state index contributed by atoms with van der Waals surface area (Å²) in [5.74, 6) is 0.741. The van der Waals surface area contributed by atoms with Crippen LogP contribution in [0.2, 0.25) is 0 Å². The maximum absolute atomic E-state index is 6.18. The number of benzene rings is 1. The summed E-state index contributed by atoms with van der Waals surface area (Å²) in [4.78, 5) is 0. The second-order valence-electron chi connectivity index (χ2n) is 4.23. The van der Waals surface area contributed by atoms with Gasteiger partial charge in [0.15, 0.2) is 0 Å². The third kappa shape index (κ3) is 1.85. The van der Waals surface area contributed by atoms with Crippen LogP contribution in [0.3, 0.4) is 0 Å². The van der Waals surface area contributed by atoms with E-state index < -0.39 is 0 Å². The van der Waals surface area contributed by atoms with Crippen LogP contribution in [0.4, 0.5) is 0 Å². The highest BCUT2D eigenvalue weighted by molar-refractivity contribution is 9.10. The van der Waals surface area contributed by atoms with E-state index in [-0.39, 0.29) is 6.04 Å². The molecule has 5 heteroatoms. The molecule has 0 aliphatic heterocycles. The van der Waals surface area contributed by atoms with Gasteiger partial charge in [-0.1, -0.05) is 12.1 Å². The monoisotopic (exact) mass is 305 g/mol. The van der Waals surface area contributed by atoms with Crippen LogP contribution in [0.5, 0.6) is 0 Å². The average Bonchev–Trinajstić information content (AvgIpc) is 2.95. The highest BCUT2D eigenvalue weighted by Gasteiger charge is 2.16. The van der Waals surface area contributed by atoms with Gasteiger partial charge in [0, 0.05) is 24.2 Å². The Labute approximate surface area is 113 Å². The van der Waals surface area contributed by atoms with E-state index in [1.54, 1.807) is 10.9 Å². The highest BCUT2D eigenvalue weighted by atomic mass is 79.9. The van der Waals surface area contributed by atoms with Gasteiger partial charge in [-0.05, 0) is 28.1 Å². The zero-order valence-corrected chi connectivity index (χ0v) is 11.4. The Bertz CT molecular complexity index is 701. The second kappa shape index (κ2) is 4.26. The first-order chi connectivity index (χ1) is 8.65. The number of hydrogen-bond donors (Lipinski definition) is 1. The van der Waals surface area contributed by atoms with Crippen LogP contribution in [0.15, 0.2) is 45.5 Å². The molecule has 0 fully saturated rings. The molecule has 3 rings (SSSR count). The molecule has 1 atom stereocenters. The van der Waals surface area contributed by atoms with E-state index in [0.717, 1.165) is 26.8 Å². The molecule has 0 spiro atoms. The molecule has 1 aromatic carbocycles. The molecule has 0 aliphatic carbocycles. The Morgan fingerprint density at radius 2 is 2.28 bits per heavy atom. The number of aromatic nitrogens is 2. The smallest absolute Gasteiger partial charge is 0.148 e. The van der Waals surface area contributed by atoms with Gasteiger partial charge in [0.1, 0.15) is 11.3 Å². The molecule has 2 heterocycles. The fourth-order valence-corrected chi connectivity index (χ4v) is 2.43. The lowest BCUT2D eigenvalue weighted by atomic mass is 10.1. The van der Waals surface area contributed by atoms with Crippen molar-refractivity contribution in [3.8, 4) is 0 Å². The first-order valence-corrected chi connectivity index (χ1v) is 6.36. The Kier molecular flexibility index (Phi) is 2.72. The van der Waals surface area contributed by atoms with Crippen LogP contribution >= 0.6 is 15.9 Å². The van der Waals surface area contributed by atoms with Crippen LogP contribution in [-0.2, 0) is 7.05 Å². The topological polar surface area (TPSA) is 57.0 Å². The lowest BCUT2D eigenvalue weighted by molar-refractivity contribution is 0.524. The number of fused-ring (bicyclic) bond motifs is 1. The van der Waals surface area contributed by atoms with Crippen LogP contribution in [0.25, 0.3) is 11.0 Å². The normalized spacial score (nSPS) is 13.1. The van der Waals surface area contributed by atoms with E-state index in [4.69, 9.17) is 10.2 Å². The number of rotatable bonds is 2. The number of nitrogens with zero attached hydrogens (tertiary/aromatic N) is 2. The zero-order chi connectivity index (χ0) is 12.7. The third-order valence-electron chi connectivity index (χ3n) is 2.91. The van der Waals surface area contributed by atoms with E-state index >= 15 is 0 Å². The van der Waals surface area contributed by atoms with Gasteiger partial charge >= 0.3 is 0 Å². The van der Waals surface area contributed by atoms with Crippen molar-refractivity contribution in [1.82, 2.24) is 9.78 Å². The number of para-hydroxylation sites is 1. The summed E-state index contributed by atoms with van der Waals surface area (Å²) in [5, 5.41) is 5.16. The molecule has 2 N–H and O–H groups in total. The number of halogens is 1. The highest BCUT2D eigenvalue weighted by Crippen LogP contribution is 2.30. The van der Waals surface area contributed by atoms with E-state index in [2.05, 4.69) is 21.0 Å². The van der Waals surface area contributed by atoms with E-state index in [9.17, 15) is 0 Å². The Balaban J connectivity index is 2.06. The van der Waals surface area contributed by atoms with Crippen molar-refractivity contribution in [2.45, 2.75) is 6.04 Å². The van der Waals surface area contributed by atoms with Gasteiger partial charge in [0.2, 0.25) is 0 Å². The zero-order valence-electron chi connectivity index (χ0n) is 9.80. The molecular weight excluding hydrogens is 294 g/mol. The molecule has 3 aromatic rings. The molecule has 92 valence electrons. The molecule has 0 aliphatic rings. The molecule has 0 radical (unpaired) electrons. The maximum atomic E-state index is 6.18. The molecule has 0 amide bonds. The molecule has 18 heavy (non-hydrogen) atoms. The van der Waals surface area contributed by atoms with Gasteiger partial charge in [0.05, 0.1) is 16.7 Å². The molecule has 4 nitrogen and oxygen atoms in total. The summed E-state index contributed by atoms with van der Waals surface area (Å²) in [6.45, 7) is 0. The summed E-state index contributed by atoms with van der Waals surface area (Å²) in [7, 11) is 1.87. The lowest BCUT2D eigenvalue weighted by Gasteiger charge is -2.04. The van der Waals surface area contributed by atoms with Crippen LogP contribution in [0.1, 0.15) is 17.4 Å². The number of nitrogens with two attached hydrogens (primary N) is 1. The van der Waals surface area contributed by atoms with Gasteiger partial charge in [-0.25, -0.2) is 0 Å². The van der Waals surface area contributed by atoms with Gasteiger partial charge in [-0.3, -0.25) is 4.68 Å². The van der Waals surface area contributed by atoms with Crippen LogP contribution in [0, 0.1) is 0 Å². The summed E-state index contributed by atoms with van der Waals surface area (Å²) in [5.41, 5.74) is 7.94. The minimum atomic E-state index is -0.294. The fraction of sp³-hybridized carbons (Fsp3) is 0.154. The van der Waals surface area contributed by atoms with E-state index in [1.165, 1.54) is 0 Å². The molecule has 0 saturated heterocycles. The van der Waals surface area contributed by atoms with Crippen molar-refractivity contribution in [1.29, 1.82) is 0 Å². The fourth-order valence-electron chi connectivity index (χ4n) is 1.97. The first kappa shape index (κ1) is 11.5.